The third-order valence-electron chi connectivity index (χ3n) is 4.31. The van der Waals surface area contributed by atoms with Crippen LogP contribution < -0.4 is 15.5 Å². The van der Waals surface area contributed by atoms with Gasteiger partial charge in [-0.25, -0.2) is 0 Å². The third-order valence-corrected chi connectivity index (χ3v) is 4.31. The van der Waals surface area contributed by atoms with Crippen LogP contribution in [0.1, 0.15) is 24.1 Å². The number of aliphatic imine (C=N–C) groups is 1. The number of piperidine rings is 1. The van der Waals surface area contributed by atoms with Crippen LogP contribution in [-0.2, 0) is 6.54 Å². The van der Waals surface area contributed by atoms with Crippen LogP contribution in [0.5, 0.6) is 0 Å². The minimum absolute atomic E-state index is 0. The Kier molecular flexibility index (Phi) is 7.54. The SMILES string of the molecule is CN=C(NCc1ccon1)NC1CCCN(c2ccc(C)cc2)C1.I. The van der Waals surface area contributed by atoms with E-state index in [0.29, 0.717) is 12.6 Å². The van der Waals surface area contributed by atoms with E-state index in [1.807, 2.05) is 6.07 Å². The third kappa shape index (κ3) is 5.62. The molecule has 1 aliphatic heterocycles. The molecule has 1 aliphatic rings. The van der Waals surface area contributed by atoms with E-state index < -0.39 is 0 Å². The summed E-state index contributed by atoms with van der Waals surface area (Å²) in [5, 5.41) is 10.7. The molecule has 1 atom stereocenters. The second-order valence-electron chi connectivity index (χ2n) is 6.18. The second kappa shape index (κ2) is 9.65. The molecule has 1 saturated heterocycles. The van der Waals surface area contributed by atoms with Gasteiger partial charge in [-0.15, -0.1) is 24.0 Å². The minimum Gasteiger partial charge on any atom is -0.369 e. The Labute approximate surface area is 166 Å². The molecule has 136 valence electrons. The molecule has 1 aromatic heterocycles. The molecule has 7 heteroatoms. The number of nitrogens with one attached hydrogen (secondary N) is 2. The molecule has 0 amide bonds. The van der Waals surface area contributed by atoms with Crippen molar-refractivity contribution < 1.29 is 4.52 Å². The highest BCUT2D eigenvalue weighted by molar-refractivity contribution is 14.0. The fourth-order valence-corrected chi connectivity index (χ4v) is 2.98. The Bertz CT molecular complexity index is 657. The predicted molar refractivity (Wildman–Crippen MR) is 112 cm³/mol. The second-order valence-corrected chi connectivity index (χ2v) is 6.18. The summed E-state index contributed by atoms with van der Waals surface area (Å²) in [6.07, 6.45) is 3.90. The first kappa shape index (κ1) is 19.6. The molecule has 2 heterocycles. The number of anilines is 1. The molecule has 1 unspecified atom stereocenters. The Morgan fingerprint density at radius 3 is 2.80 bits per heavy atom. The fourth-order valence-electron chi connectivity index (χ4n) is 2.98. The Balaban J connectivity index is 0.00000225. The van der Waals surface area contributed by atoms with Gasteiger partial charge in [-0.05, 0) is 31.9 Å². The summed E-state index contributed by atoms with van der Waals surface area (Å²) in [6, 6.07) is 11.0. The summed E-state index contributed by atoms with van der Waals surface area (Å²) in [6.45, 7) is 4.80. The average molecular weight is 455 g/mol. The maximum Gasteiger partial charge on any atom is 0.191 e. The zero-order chi connectivity index (χ0) is 16.8. The molecule has 0 aliphatic carbocycles. The molecule has 2 N–H and O–H groups in total. The zero-order valence-corrected chi connectivity index (χ0v) is 17.1. The van der Waals surface area contributed by atoms with Gasteiger partial charge in [-0.3, -0.25) is 4.99 Å². The van der Waals surface area contributed by atoms with Crippen molar-refractivity contribution in [2.75, 3.05) is 25.0 Å². The summed E-state index contributed by atoms with van der Waals surface area (Å²) < 4.78 is 4.84. The predicted octanol–water partition coefficient (Wildman–Crippen LogP) is 2.94. The number of hydrogen-bond acceptors (Lipinski definition) is 4. The van der Waals surface area contributed by atoms with E-state index in [0.717, 1.165) is 31.2 Å². The normalized spacial score (nSPS) is 17.8. The first-order valence-corrected chi connectivity index (χ1v) is 8.42. The van der Waals surface area contributed by atoms with E-state index >= 15 is 0 Å². The summed E-state index contributed by atoms with van der Waals surface area (Å²) >= 11 is 0. The number of benzene rings is 1. The smallest absolute Gasteiger partial charge is 0.191 e. The van der Waals surface area contributed by atoms with Crippen molar-refractivity contribution in [3.05, 3.63) is 47.9 Å². The molecular weight excluding hydrogens is 429 g/mol. The van der Waals surface area contributed by atoms with Crippen LogP contribution >= 0.6 is 24.0 Å². The molecule has 6 nitrogen and oxygen atoms in total. The fraction of sp³-hybridized carbons (Fsp3) is 0.444. The van der Waals surface area contributed by atoms with Crippen molar-refractivity contribution in [1.29, 1.82) is 0 Å². The standard InChI is InChI=1S/C18H25N5O.HI/c1-14-5-7-17(8-6-14)23-10-3-4-16(13-23)21-18(19-2)20-12-15-9-11-24-22-15;/h5-9,11,16H,3-4,10,12-13H2,1-2H3,(H2,19,20,21);1H. The van der Waals surface area contributed by atoms with Gasteiger partial charge in [-0.2, -0.15) is 0 Å². The van der Waals surface area contributed by atoms with Gasteiger partial charge in [0.2, 0.25) is 0 Å². The van der Waals surface area contributed by atoms with E-state index in [2.05, 4.69) is 56.9 Å². The number of nitrogens with zero attached hydrogens (tertiary/aromatic N) is 3. The van der Waals surface area contributed by atoms with Crippen molar-refractivity contribution in [2.24, 2.45) is 4.99 Å². The van der Waals surface area contributed by atoms with Crippen molar-refractivity contribution in [3.63, 3.8) is 0 Å². The Morgan fingerprint density at radius 2 is 2.12 bits per heavy atom. The van der Waals surface area contributed by atoms with Crippen molar-refractivity contribution in [3.8, 4) is 0 Å². The van der Waals surface area contributed by atoms with Crippen molar-refractivity contribution in [2.45, 2.75) is 32.4 Å². The number of aromatic nitrogens is 1. The van der Waals surface area contributed by atoms with Gasteiger partial charge in [0, 0.05) is 37.9 Å². The number of halogens is 1. The Morgan fingerprint density at radius 1 is 1.32 bits per heavy atom. The van der Waals surface area contributed by atoms with Gasteiger partial charge >= 0.3 is 0 Å². The van der Waals surface area contributed by atoms with Crippen LogP contribution in [0.3, 0.4) is 0 Å². The lowest BCUT2D eigenvalue weighted by atomic mass is 10.0. The topological polar surface area (TPSA) is 65.7 Å². The highest BCUT2D eigenvalue weighted by atomic mass is 127. The molecule has 2 aromatic rings. The van der Waals surface area contributed by atoms with Gasteiger partial charge in [0.05, 0.1) is 6.54 Å². The molecule has 3 rings (SSSR count). The van der Waals surface area contributed by atoms with E-state index in [1.54, 1.807) is 13.3 Å². The molecule has 1 fully saturated rings. The molecule has 0 spiro atoms. The maximum atomic E-state index is 4.84. The van der Waals surface area contributed by atoms with E-state index in [9.17, 15) is 0 Å². The summed E-state index contributed by atoms with van der Waals surface area (Å²) in [4.78, 5) is 6.74. The molecule has 0 bridgehead atoms. The van der Waals surface area contributed by atoms with Crippen molar-refractivity contribution >= 4 is 35.6 Å². The Hall–Kier alpha value is -1.77. The van der Waals surface area contributed by atoms with Crippen LogP contribution in [0, 0.1) is 6.92 Å². The molecule has 25 heavy (non-hydrogen) atoms. The van der Waals surface area contributed by atoms with Crippen LogP contribution in [0.4, 0.5) is 5.69 Å². The van der Waals surface area contributed by atoms with Crippen LogP contribution in [0.25, 0.3) is 0 Å². The summed E-state index contributed by atoms with van der Waals surface area (Å²) in [5.74, 6) is 0.800. The van der Waals surface area contributed by atoms with Gasteiger partial charge < -0.3 is 20.1 Å². The van der Waals surface area contributed by atoms with E-state index in [-0.39, 0.29) is 24.0 Å². The van der Waals surface area contributed by atoms with Crippen LogP contribution in [0.15, 0.2) is 46.1 Å². The zero-order valence-electron chi connectivity index (χ0n) is 14.7. The van der Waals surface area contributed by atoms with E-state index in [4.69, 9.17) is 4.52 Å². The number of aryl methyl sites for hydroxylation is 1. The lowest BCUT2D eigenvalue weighted by molar-refractivity contribution is 0.410. The molecular formula is C18H26IN5O. The maximum absolute atomic E-state index is 4.84. The minimum atomic E-state index is 0. The molecule has 0 radical (unpaired) electrons. The van der Waals surface area contributed by atoms with Gasteiger partial charge in [0.1, 0.15) is 12.0 Å². The quantitative estimate of drug-likeness (QED) is 0.422. The van der Waals surface area contributed by atoms with Gasteiger partial charge in [-0.1, -0.05) is 22.9 Å². The monoisotopic (exact) mass is 455 g/mol. The first-order chi connectivity index (χ1) is 11.7. The lowest BCUT2D eigenvalue weighted by Gasteiger charge is -2.35. The van der Waals surface area contributed by atoms with Crippen LogP contribution in [0.2, 0.25) is 0 Å². The summed E-state index contributed by atoms with van der Waals surface area (Å²) in [5.41, 5.74) is 3.45. The van der Waals surface area contributed by atoms with Crippen molar-refractivity contribution in [1.82, 2.24) is 15.8 Å². The van der Waals surface area contributed by atoms with E-state index in [1.165, 1.54) is 17.7 Å². The van der Waals surface area contributed by atoms with Crippen LogP contribution in [-0.4, -0.2) is 37.3 Å². The van der Waals surface area contributed by atoms with Gasteiger partial charge in [0.15, 0.2) is 5.96 Å². The highest BCUT2D eigenvalue weighted by Crippen LogP contribution is 2.20. The number of guanidine groups is 1. The van der Waals surface area contributed by atoms with Gasteiger partial charge in [0.25, 0.3) is 0 Å². The largest absolute Gasteiger partial charge is 0.369 e. The molecule has 0 saturated carbocycles. The number of hydrogen-bond donors (Lipinski definition) is 2. The number of rotatable bonds is 4. The average Bonchev–Trinajstić information content (AvgIpc) is 3.13. The summed E-state index contributed by atoms with van der Waals surface area (Å²) in [7, 11) is 1.79. The lowest BCUT2D eigenvalue weighted by Crippen LogP contribution is -2.51. The highest BCUT2D eigenvalue weighted by Gasteiger charge is 2.21. The molecule has 1 aromatic carbocycles. The first-order valence-electron chi connectivity index (χ1n) is 8.42.